The van der Waals surface area contributed by atoms with Crippen LogP contribution in [0.25, 0.3) is 10.8 Å². The van der Waals surface area contributed by atoms with Gasteiger partial charge >= 0.3 is 0 Å². The number of nitrogens with one attached hydrogen (secondary N) is 1. The van der Waals surface area contributed by atoms with Crippen LogP contribution in [0.4, 0.5) is 0 Å². The van der Waals surface area contributed by atoms with Crippen LogP contribution in [0.2, 0.25) is 0 Å². The average Bonchev–Trinajstić information content (AvgIpc) is 3.46. The molecule has 8 nitrogen and oxygen atoms in total. The number of carbonyl (C=O) groups is 1. The van der Waals surface area contributed by atoms with Gasteiger partial charge in [-0.1, -0.05) is 37.3 Å². The first-order valence-electron chi connectivity index (χ1n) is 12.5. The zero-order valence-corrected chi connectivity index (χ0v) is 20.0. The zero-order chi connectivity index (χ0) is 24.2. The molecule has 1 N–H and O–H groups in total. The Morgan fingerprint density at radius 2 is 2.00 bits per heavy atom. The Balaban J connectivity index is 1.33. The van der Waals surface area contributed by atoms with Crippen molar-refractivity contribution in [3.05, 3.63) is 89.4 Å². The number of rotatable bonds is 4. The molecule has 2 aliphatic heterocycles. The average molecular weight is 479 g/mol. The topological polar surface area (TPSA) is 100 Å². The summed E-state index contributed by atoms with van der Waals surface area (Å²) >= 11 is 0. The van der Waals surface area contributed by atoms with Gasteiger partial charge in [0.05, 0.1) is 29.1 Å². The minimum absolute atomic E-state index is 0.0757. The second kappa shape index (κ2) is 8.26. The highest BCUT2D eigenvalue weighted by Crippen LogP contribution is 2.44. The molecule has 0 radical (unpaired) electrons. The van der Waals surface area contributed by atoms with Crippen LogP contribution in [0.15, 0.2) is 64.4 Å². The third-order valence-electron chi connectivity index (χ3n) is 7.38. The van der Waals surface area contributed by atoms with Crippen molar-refractivity contribution >= 4 is 22.9 Å². The fourth-order valence-electron chi connectivity index (χ4n) is 5.38. The fourth-order valence-corrected chi connectivity index (χ4v) is 5.38. The van der Waals surface area contributed by atoms with Crippen LogP contribution in [-0.2, 0) is 0 Å². The number of aromatic nitrogens is 4. The van der Waals surface area contributed by atoms with Crippen molar-refractivity contribution in [1.29, 1.82) is 0 Å². The van der Waals surface area contributed by atoms with Crippen LogP contribution in [0, 0.1) is 0 Å². The van der Waals surface area contributed by atoms with Crippen molar-refractivity contribution in [2.24, 2.45) is 4.99 Å². The number of imidazole rings is 1. The highest BCUT2D eigenvalue weighted by atomic mass is 16.4. The van der Waals surface area contributed by atoms with Crippen molar-refractivity contribution in [2.45, 2.75) is 50.1 Å². The number of allylic oxidation sites excluding steroid dienone is 1. The lowest BCUT2D eigenvalue weighted by atomic mass is 9.92. The monoisotopic (exact) mass is 478 g/mol. The molecule has 1 aromatic carbocycles. The van der Waals surface area contributed by atoms with Crippen molar-refractivity contribution in [3.63, 3.8) is 0 Å². The van der Waals surface area contributed by atoms with Gasteiger partial charge in [0.1, 0.15) is 12.1 Å². The number of pyridine rings is 1. The standard InChI is InChI=1S/C28H26N6O2/c1-16-14-34(28(35)26-23(17-9-10-17)33-27(36-26)20-8-4-5-11-29-20)25(24-22(16)31-15-32-24)21-12-18-6-2-3-7-19(18)13-30-21/h2-7,11-13,15-17,20,25H,8-10,14H2,1H3,(H,31,32)/t16-,20?,25-/m1/s1. The van der Waals surface area contributed by atoms with Gasteiger partial charge < -0.3 is 14.3 Å². The number of hydrogen-bond acceptors (Lipinski definition) is 6. The van der Waals surface area contributed by atoms with Crippen molar-refractivity contribution in [3.8, 4) is 0 Å². The van der Waals surface area contributed by atoms with Gasteiger partial charge in [-0.3, -0.25) is 14.8 Å². The molecule has 36 heavy (non-hydrogen) atoms. The highest BCUT2D eigenvalue weighted by molar-refractivity contribution is 5.94. The van der Waals surface area contributed by atoms with Gasteiger partial charge in [-0.05, 0) is 36.8 Å². The summed E-state index contributed by atoms with van der Waals surface area (Å²) in [4.78, 5) is 38.1. The maximum Gasteiger partial charge on any atom is 0.292 e. The number of benzene rings is 1. The maximum atomic E-state index is 14.3. The fraction of sp³-hybridized carbons (Fsp3) is 0.321. The van der Waals surface area contributed by atoms with Crippen molar-refractivity contribution < 1.29 is 9.21 Å². The predicted molar refractivity (Wildman–Crippen MR) is 135 cm³/mol. The predicted octanol–water partition coefficient (Wildman–Crippen LogP) is 5.24. The van der Waals surface area contributed by atoms with E-state index < -0.39 is 6.04 Å². The maximum absolute atomic E-state index is 14.3. The van der Waals surface area contributed by atoms with Gasteiger partial charge in [0.15, 0.2) is 0 Å². The molecule has 5 heterocycles. The lowest BCUT2D eigenvalue weighted by molar-refractivity contribution is 0.0633. The Kier molecular flexibility index (Phi) is 4.87. The SMILES string of the molecule is C[C@@H]1CN(C(=O)c2oc(C3CC=CC=N3)nc2C2CC2)[C@H](c2cc3ccccc3cn2)c2[nH]cnc21. The number of oxazole rings is 1. The molecule has 0 saturated heterocycles. The molecule has 0 bridgehead atoms. The number of fused-ring (bicyclic) bond motifs is 2. The lowest BCUT2D eigenvalue weighted by Gasteiger charge is -2.37. The van der Waals surface area contributed by atoms with Gasteiger partial charge in [0.2, 0.25) is 11.7 Å². The zero-order valence-electron chi connectivity index (χ0n) is 20.0. The molecule has 3 atom stereocenters. The Morgan fingerprint density at radius 1 is 1.14 bits per heavy atom. The summed E-state index contributed by atoms with van der Waals surface area (Å²) in [6, 6.07) is 9.61. The number of amides is 1. The first kappa shape index (κ1) is 21.2. The quantitative estimate of drug-likeness (QED) is 0.432. The van der Waals surface area contributed by atoms with Crippen molar-refractivity contribution in [1.82, 2.24) is 24.8 Å². The lowest BCUT2D eigenvalue weighted by Crippen LogP contribution is -2.42. The summed E-state index contributed by atoms with van der Waals surface area (Å²) in [5.41, 5.74) is 3.45. The van der Waals surface area contributed by atoms with Crippen LogP contribution < -0.4 is 0 Å². The summed E-state index contributed by atoms with van der Waals surface area (Å²) in [6.07, 6.45) is 12.1. The van der Waals surface area contributed by atoms with Gasteiger partial charge in [0, 0.05) is 36.2 Å². The number of aliphatic imine (C=N–C) groups is 1. The van der Waals surface area contributed by atoms with E-state index in [2.05, 4.69) is 34.0 Å². The Hall–Kier alpha value is -4.07. The molecular formula is C28H26N6O2. The number of H-pyrrole nitrogens is 1. The number of aromatic amines is 1. The van der Waals surface area contributed by atoms with E-state index in [0.29, 0.717) is 18.2 Å². The Labute approximate surface area is 208 Å². The molecular weight excluding hydrogens is 452 g/mol. The molecule has 1 aliphatic carbocycles. The molecule has 8 heteroatoms. The van der Waals surface area contributed by atoms with E-state index in [0.717, 1.165) is 52.8 Å². The summed E-state index contributed by atoms with van der Waals surface area (Å²) in [5.74, 6) is 1.06. The van der Waals surface area contributed by atoms with Crippen molar-refractivity contribution in [2.75, 3.05) is 6.54 Å². The normalized spacial score (nSPS) is 23.2. The van der Waals surface area contributed by atoms with Gasteiger partial charge in [-0.15, -0.1) is 0 Å². The van der Waals surface area contributed by atoms with Crippen LogP contribution in [0.5, 0.6) is 0 Å². The molecule has 7 rings (SSSR count). The molecule has 1 fully saturated rings. The molecule has 4 aromatic rings. The molecule has 3 aliphatic rings. The Morgan fingerprint density at radius 3 is 2.81 bits per heavy atom. The molecule has 1 unspecified atom stereocenters. The largest absolute Gasteiger partial charge is 0.433 e. The van der Waals surface area contributed by atoms with E-state index in [4.69, 9.17) is 14.4 Å². The van der Waals surface area contributed by atoms with E-state index in [-0.39, 0.29) is 23.8 Å². The summed E-state index contributed by atoms with van der Waals surface area (Å²) in [5, 5.41) is 2.14. The van der Waals surface area contributed by atoms with Gasteiger partial charge in [0.25, 0.3) is 5.91 Å². The van der Waals surface area contributed by atoms with E-state index >= 15 is 0 Å². The smallest absolute Gasteiger partial charge is 0.292 e. The first-order chi connectivity index (χ1) is 17.7. The number of hydrogen-bond donors (Lipinski definition) is 1. The highest BCUT2D eigenvalue weighted by Gasteiger charge is 2.42. The molecule has 180 valence electrons. The molecule has 1 amide bonds. The van der Waals surface area contributed by atoms with Crippen LogP contribution in [0.1, 0.15) is 89.3 Å². The molecule has 1 saturated carbocycles. The van der Waals surface area contributed by atoms with E-state index in [1.54, 1.807) is 12.5 Å². The molecule has 0 spiro atoms. The third-order valence-corrected chi connectivity index (χ3v) is 7.38. The molecule has 3 aromatic heterocycles. The second-order valence-electron chi connectivity index (χ2n) is 9.94. The van der Waals surface area contributed by atoms with Crippen LogP contribution in [-0.4, -0.2) is 43.5 Å². The number of nitrogens with zero attached hydrogens (tertiary/aromatic N) is 5. The van der Waals surface area contributed by atoms with Gasteiger partial charge in [-0.2, -0.15) is 0 Å². The summed E-state index contributed by atoms with van der Waals surface area (Å²) in [6.45, 7) is 2.61. The minimum atomic E-state index is -0.396. The summed E-state index contributed by atoms with van der Waals surface area (Å²) in [7, 11) is 0. The second-order valence-corrected chi connectivity index (χ2v) is 9.94. The third kappa shape index (κ3) is 3.47. The Bertz CT molecular complexity index is 1530. The van der Waals surface area contributed by atoms with E-state index in [1.807, 2.05) is 41.4 Å². The van der Waals surface area contributed by atoms with E-state index in [9.17, 15) is 4.79 Å². The number of dihydropyridines is 1. The van der Waals surface area contributed by atoms with Crippen LogP contribution in [0.3, 0.4) is 0 Å². The summed E-state index contributed by atoms with van der Waals surface area (Å²) < 4.78 is 6.23. The minimum Gasteiger partial charge on any atom is -0.433 e. The van der Waals surface area contributed by atoms with Crippen LogP contribution >= 0.6 is 0 Å². The van der Waals surface area contributed by atoms with E-state index in [1.165, 1.54) is 0 Å². The first-order valence-corrected chi connectivity index (χ1v) is 12.5. The van der Waals surface area contributed by atoms with Gasteiger partial charge in [-0.25, -0.2) is 9.97 Å². The number of carbonyl (C=O) groups excluding carboxylic acids is 1.